The third-order valence-electron chi connectivity index (χ3n) is 6.35. The molecule has 31 heavy (non-hydrogen) atoms. The molecule has 0 spiro atoms. The number of unbranched alkanes of at least 4 members (excludes halogenated alkanes) is 1. The number of carboxylic acids is 1. The first kappa shape index (κ1) is 24.7. The SMILES string of the molecule is NCCCCN(CC[C@H](N)C(=O)O)C[C@H]1O[C@@H](N2CNC3C(N)NCNC32)[C@H](O)[C@@H]1O. The highest BCUT2D eigenvalue weighted by atomic mass is 16.6. The number of nitrogens with two attached hydrogens (primary N) is 3. The standard InChI is InChI=1S/C18H38N8O5/c19-4-1-2-5-25(6-3-10(20)18(29)30)7-11-13(27)14(28)17(31-11)26-9-24-12-15(21)22-8-23-16(12)26/h10-17,22-24,27-28H,1-9,19-21H2,(H,29,30)/t10-,11+,12?,13+,14+,15?,16?,17+/m0/s1. The summed E-state index contributed by atoms with van der Waals surface area (Å²) < 4.78 is 6.12. The summed E-state index contributed by atoms with van der Waals surface area (Å²) in [6.07, 6.45) is -1.86. The molecule has 3 rings (SSSR count). The van der Waals surface area contributed by atoms with Gasteiger partial charge < -0.3 is 42.2 Å². The van der Waals surface area contributed by atoms with Gasteiger partial charge in [0.2, 0.25) is 0 Å². The Morgan fingerprint density at radius 1 is 1.19 bits per heavy atom. The van der Waals surface area contributed by atoms with Crippen molar-refractivity contribution in [3.8, 4) is 0 Å². The molecule has 12 N–H and O–H groups in total. The lowest BCUT2D eigenvalue weighted by Crippen LogP contribution is -2.68. The normalized spacial score (nSPS) is 37.3. The Kier molecular flexibility index (Phi) is 8.95. The molecule has 0 amide bonds. The molecule has 0 aromatic carbocycles. The Bertz CT molecular complexity index is 589. The minimum absolute atomic E-state index is 0.0500. The average molecular weight is 447 g/mol. The van der Waals surface area contributed by atoms with Crippen LogP contribution in [0.25, 0.3) is 0 Å². The fraction of sp³-hybridized carbons (Fsp3) is 0.944. The van der Waals surface area contributed by atoms with Crippen LogP contribution in [-0.2, 0) is 9.53 Å². The van der Waals surface area contributed by atoms with Gasteiger partial charge in [-0.25, -0.2) is 4.90 Å². The number of nitrogens with zero attached hydrogens (tertiary/aromatic N) is 2. The summed E-state index contributed by atoms with van der Waals surface area (Å²) in [6.45, 7) is 3.05. The average Bonchev–Trinajstić information content (AvgIpc) is 3.29. The van der Waals surface area contributed by atoms with E-state index in [2.05, 4.69) is 16.0 Å². The van der Waals surface area contributed by atoms with Gasteiger partial charge in [-0.2, -0.15) is 0 Å². The van der Waals surface area contributed by atoms with E-state index in [4.69, 9.17) is 27.0 Å². The van der Waals surface area contributed by atoms with Crippen LogP contribution in [0.15, 0.2) is 0 Å². The predicted molar refractivity (Wildman–Crippen MR) is 112 cm³/mol. The predicted octanol–water partition coefficient (Wildman–Crippen LogP) is -4.73. The molecule has 0 saturated carbocycles. The second kappa shape index (κ2) is 11.2. The van der Waals surface area contributed by atoms with Crippen LogP contribution < -0.4 is 33.2 Å². The van der Waals surface area contributed by atoms with Gasteiger partial charge in [0.05, 0.1) is 25.0 Å². The molecule has 13 heteroatoms. The van der Waals surface area contributed by atoms with Crippen LogP contribution in [0.5, 0.6) is 0 Å². The van der Waals surface area contributed by atoms with Gasteiger partial charge in [-0.05, 0) is 32.4 Å². The first-order valence-electron chi connectivity index (χ1n) is 11.0. The van der Waals surface area contributed by atoms with Crippen molar-refractivity contribution < 1.29 is 24.9 Å². The van der Waals surface area contributed by atoms with Crippen LogP contribution in [0.4, 0.5) is 0 Å². The number of fused-ring (bicyclic) bond motifs is 1. The van der Waals surface area contributed by atoms with Gasteiger partial charge in [0, 0.05) is 19.8 Å². The highest BCUT2D eigenvalue weighted by molar-refractivity contribution is 5.72. The summed E-state index contributed by atoms with van der Waals surface area (Å²) in [7, 11) is 0. The lowest BCUT2D eigenvalue weighted by atomic mass is 10.1. The molecule has 0 radical (unpaired) electrons. The lowest BCUT2D eigenvalue weighted by molar-refractivity contribution is -0.138. The van der Waals surface area contributed by atoms with Crippen LogP contribution in [0, 0.1) is 0 Å². The van der Waals surface area contributed by atoms with Crippen molar-refractivity contribution in [1.82, 2.24) is 25.8 Å². The number of aliphatic hydroxyl groups is 2. The van der Waals surface area contributed by atoms with Crippen molar-refractivity contribution >= 4 is 5.97 Å². The number of rotatable bonds is 11. The van der Waals surface area contributed by atoms with E-state index >= 15 is 0 Å². The number of aliphatic hydroxyl groups excluding tert-OH is 2. The van der Waals surface area contributed by atoms with Gasteiger partial charge >= 0.3 is 5.97 Å². The number of hydrogen-bond donors (Lipinski definition) is 9. The second-order valence-corrected chi connectivity index (χ2v) is 8.53. The molecular formula is C18H38N8O5. The van der Waals surface area contributed by atoms with Gasteiger partial charge in [-0.1, -0.05) is 0 Å². The number of ether oxygens (including phenoxy) is 1. The van der Waals surface area contributed by atoms with Crippen LogP contribution in [0.1, 0.15) is 19.3 Å². The van der Waals surface area contributed by atoms with Gasteiger partial charge in [0.1, 0.15) is 30.6 Å². The second-order valence-electron chi connectivity index (χ2n) is 8.53. The molecule has 3 aliphatic rings. The topological polar surface area (TPSA) is 208 Å². The molecule has 3 aliphatic heterocycles. The lowest BCUT2D eigenvalue weighted by Gasteiger charge is -2.38. The summed E-state index contributed by atoms with van der Waals surface area (Å²) >= 11 is 0. The number of aliphatic carboxylic acids is 1. The molecule has 3 unspecified atom stereocenters. The minimum Gasteiger partial charge on any atom is -0.480 e. The molecule has 0 aliphatic carbocycles. The van der Waals surface area contributed by atoms with Crippen molar-refractivity contribution in [3.05, 3.63) is 0 Å². The van der Waals surface area contributed by atoms with E-state index < -0.39 is 36.6 Å². The zero-order valence-electron chi connectivity index (χ0n) is 17.8. The van der Waals surface area contributed by atoms with Crippen molar-refractivity contribution in [2.24, 2.45) is 17.2 Å². The first-order valence-corrected chi connectivity index (χ1v) is 11.0. The molecule has 8 atom stereocenters. The monoisotopic (exact) mass is 446 g/mol. The third-order valence-corrected chi connectivity index (χ3v) is 6.35. The van der Waals surface area contributed by atoms with Gasteiger partial charge in [-0.3, -0.25) is 20.7 Å². The maximum absolute atomic E-state index is 11.1. The Labute approximate surface area is 182 Å². The van der Waals surface area contributed by atoms with E-state index in [0.717, 1.165) is 12.8 Å². The van der Waals surface area contributed by atoms with E-state index in [-0.39, 0.29) is 24.8 Å². The highest BCUT2D eigenvalue weighted by Crippen LogP contribution is 2.29. The first-order chi connectivity index (χ1) is 14.8. The molecule has 180 valence electrons. The molecular weight excluding hydrogens is 408 g/mol. The molecule has 0 aromatic heterocycles. The van der Waals surface area contributed by atoms with Crippen molar-refractivity contribution in [2.45, 2.75) is 68.2 Å². The van der Waals surface area contributed by atoms with Gasteiger partial charge in [0.15, 0.2) is 0 Å². The van der Waals surface area contributed by atoms with Crippen LogP contribution in [0.3, 0.4) is 0 Å². The molecule has 3 heterocycles. The van der Waals surface area contributed by atoms with Gasteiger partial charge in [0.25, 0.3) is 0 Å². The largest absolute Gasteiger partial charge is 0.480 e. The van der Waals surface area contributed by atoms with Crippen LogP contribution >= 0.6 is 0 Å². The van der Waals surface area contributed by atoms with Crippen LogP contribution in [0.2, 0.25) is 0 Å². The third kappa shape index (κ3) is 5.89. The molecule has 13 nitrogen and oxygen atoms in total. The minimum atomic E-state index is -1.08. The maximum atomic E-state index is 11.1. The van der Waals surface area contributed by atoms with Crippen LogP contribution in [-0.4, -0.2) is 120 Å². The number of carboxylic acid groups (broad SMARTS) is 1. The zero-order chi connectivity index (χ0) is 22.5. The maximum Gasteiger partial charge on any atom is 0.320 e. The fourth-order valence-corrected chi connectivity index (χ4v) is 4.48. The Morgan fingerprint density at radius 3 is 2.68 bits per heavy atom. The van der Waals surface area contributed by atoms with E-state index in [1.54, 1.807) is 0 Å². The smallest absolute Gasteiger partial charge is 0.320 e. The summed E-state index contributed by atoms with van der Waals surface area (Å²) in [6, 6.07) is -1.00. The Hall–Kier alpha value is -0.970. The fourth-order valence-electron chi connectivity index (χ4n) is 4.48. The van der Waals surface area contributed by atoms with Crippen molar-refractivity contribution in [2.75, 3.05) is 39.5 Å². The van der Waals surface area contributed by atoms with E-state index in [9.17, 15) is 15.0 Å². The molecule has 0 bridgehead atoms. The molecule has 3 saturated heterocycles. The number of carbonyl (C=O) groups is 1. The number of nitrogens with one attached hydrogen (secondary N) is 3. The summed E-state index contributed by atoms with van der Waals surface area (Å²) in [5.41, 5.74) is 17.4. The van der Waals surface area contributed by atoms with Crippen molar-refractivity contribution in [1.29, 1.82) is 0 Å². The quantitative estimate of drug-likeness (QED) is 0.137. The molecule has 0 aromatic rings. The summed E-state index contributed by atoms with van der Waals surface area (Å²) in [4.78, 5) is 15.0. The van der Waals surface area contributed by atoms with Crippen molar-refractivity contribution in [3.63, 3.8) is 0 Å². The number of hydrogen-bond acceptors (Lipinski definition) is 12. The van der Waals surface area contributed by atoms with E-state index in [1.807, 2.05) is 9.80 Å². The summed E-state index contributed by atoms with van der Waals surface area (Å²) in [5, 5.41) is 40.2. The Morgan fingerprint density at radius 2 is 1.97 bits per heavy atom. The molecule has 3 fully saturated rings. The highest BCUT2D eigenvalue weighted by Gasteiger charge is 2.51. The van der Waals surface area contributed by atoms with Gasteiger partial charge in [-0.15, -0.1) is 0 Å². The summed E-state index contributed by atoms with van der Waals surface area (Å²) in [5.74, 6) is -1.04. The van der Waals surface area contributed by atoms with E-state index in [0.29, 0.717) is 39.5 Å². The zero-order valence-corrected chi connectivity index (χ0v) is 17.8. The van der Waals surface area contributed by atoms with E-state index in [1.165, 1.54) is 0 Å². The Balaban J connectivity index is 1.60.